The van der Waals surface area contributed by atoms with Gasteiger partial charge in [0.15, 0.2) is 5.78 Å². The van der Waals surface area contributed by atoms with Gasteiger partial charge >= 0.3 is 0 Å². The van der Waals surface area contributed by atoms with Crippen molar-refractivity contribution in [1.29, 1.82) is 0 Å². The lowest BCUT2D eigenvalue weighted by Crippen LogP contribution is -2.42. The molecule has 1 aromatic heterocycles. The molecule has 29 heavy (non-hydrogen) atoms. The van der Waals surface area contributed by atoms with Gasteiger partial charge in [0.05, 0.1) is 17.4 Å². The number of aryl methyl sites for hydroxylation is 2. The molecule has 0 N–H and O–H groups in total. The second kappa shape index (κ2) is 9.02. The lowest BCUT2D eigenvalue weighted by Gasteiger charge is -2.37. The molecule has 2 aromatic rings. The normalized spacial score (nSPS) is 22.3. The van der Waals surface area contributed by atoms with Gasteiger partial charge in [-0.1, -0.05) is 18.2 Å². The molecule has 0 spiro atoms. The maximum Gasteiger partial charge on any atom is 0.157 e. The number of Topliss-reactive ketones (excluding diaryl/α,β-unsaturated/α-hetero) is 1. The highest BCUT2D eigenvalue weighted by Crippen LogP contribution is 2.39. The van der Waals surface area contributed by atoms with Gasteiger partial charge in [-0.2, -0.15) is 17.7 Å². The number of halogens is 2. The van der Waals surface area contributed by atoms with Crippen LogP contribution in [0.25, 0.3) is 6.08 Å². The monoisotopic (exact) mass is 435 g/mol. The van der Waals surface area contributed by atoms with Crippen molar-refractivity contribution in [3.8, 4) is 0 Å². The van der Waals surface area contributed by atoms with Crippen molar-refractivity contribution in [2.24, 2.45) is 13.0 Å². The number of nitrogens with zero attached hydrogens (tertiary/aromatic N) is 3. The van der Waals surface area contributed by atoms with Gasteiger partial charge in [0.25, 0.3) is 0 Å². The molecule has 2 unspecified atom stereocenters. The Balaban J connectivity index is 0.00000240. The molecule has 4 nitrogen and oxygen atoms in total. The summed E-state index contributed by atoms with van der Waals surface area (Å²) in [5.74, 6) is -0.0776. The Hall–Kier alpha value is -1.63. The largest absolute Gasteiger partial charge is 0.297 e. The molecular weight excluding hydrogens is 409 g/mol. The summed E-state index contributed by atoms with van der Waals surface area (Å²) in [6.07, 6.45) is 4.78. The van der Waals surface area contributed by atoms with E-state index in [1.807, 2.05) is 30.8 Å². The number of hydrogen-bond donors (Lipinski definition) is 1. The van der Waals surface area contributed by atoms with Gasteiger partial charge in [0.2, 0.25) is 0 Å². The second-order valence-corrected chi connectivity index (χ2v) is 8.55. The van der Waals surface area contributed by atoms with Crippen LogP contribution in [0.1, 0.15) is 42.3 Å². The first-order chi connectivity index (χ1) is 13.4. The van der Waals surface area contributed by atoms with Crippen molar-refractivity contribution >= 4 is 36.9 Å². The average Bonchev–Trinajstić information content (AvgIpc) is 3.45. The first kappa shape index (κ1) is 22.1. The van der Waals surface area contributed by atoms with Crippen molar-refractivity contribution in [3.63, 3.8) is 0 Å². The third-order valence-corrected chi connectivity index (χ3v) is 6.28. The fourth-order valence-electron chi connectivity index (χ4n) is 4.03. The van der Waals surface area contributed by atoms with Crippen LogP contribution in [-0.4, -0.2) is 38.8 Å². The van der Waals surface area contributed by atoms with Gasteiger partial charge < -0.3 is 0 Å². The van der Waals surface area contributed by atoms with Crippen molar-refractivity contribution in [2.75, 3.05) is 13.1 Å². The molecule has 1 aliphatic heterocycles. The second-order valence-electron chi connectivity index (χ2n) is 7.93. The predicted molar refractivity (Wildman–Crippen MR) is 119 cm³/mol. The Morgan fingerprint density at radius 3 is 2.66 bits per heavy atom. The molecule has 2 fully saturated rings. The lowest BCUT2D eigenvalue weighted by molar-refractivity contribution is -0.126. The fourth-order valence-corrected chi connectivity index (χ4v) is 4.30. The molecule has 4 rings (SSSR count). The van der Waals surface area contributed by atoms with E-state index >= 15 is 0 Å². The van der Waals surface area contributed by atoms with Crippen molar-refractivity contribution in [3.05, 3.63) is 58.7 Å². The zero-order valence-electron chi connectivity index (χ0n) is 16.7. The summed E-state index contributed by atoms with van der Waals surface area (Å²) in [6.45, 7) is 3.30. The van der Waals surface area contributed by atoms with Gasteiger partial charge in [-0.3, -0.25) is 14.4 Å². The van der Waals surface area contributed by atoms with Crippen LogP contribution in [0.15, 0.2) is 35.9 Å². The zero-order valence-corrected chi connectivity index (χ0v) is 18.4. The number of hydrogen-bond acceptors (Lipinski definition) is 4. The Morgan fingerprint density at radius 1 is 1.31 bits per heavy atom. The summed E-state index contributed by atoms with van der Waals surface area (Å²) in [5, 5.41) is 4.53. The first-order valence-electron chi connectivity index (χ1n) is 9.85. The Bertz CT molecular complexity index is 925. The van der Waals surface area contributed by atoms with E-state index in [9.17, 15) is 9.18 Å². The number of benzene rings is 1. The summed E-state index contributed by atoms with van der Waals surface area (Å²) in [7, 11) is 1.92. The quantitative estimate of drug-likeness (QED) is 0.707. The molecule has 2 heterocycles. The van der Waals surface area contributed by atoms with Crippen LogP contribution in [0, 0.1) is 18.7 Å². The maximum absolute atomic E-state index is 14.6. The van der Waals surface area contributed by atoms with E-state index in [0.29, 0.717) is 12.1 Å². The molecule has 7 heteroatoms. The first-order valence-corrected chi connectivity index (χ1v) is 10.4. The molecule has 1 saturated heterocycles. The number of ketones is 1. The number of rotatable bonds is 5. The number of piperidine rings is 1. The Morgan fingerprint density at radius 2 is 2.03 bits per heavy atom. The minimum absolute atomic E-state index is 0. The minimum atomic E-state index is -0.522. The van der Waals surface area contributed by atoms with E-state index in [0.717, 1.165) is 42.8 Å². The summed E-state index contributed by atoms with van der Waals surface area (Å²) >= 11 is 4.77. The molecule has 2 aliphatic rings. The number of likely N-dealkylation sites (tertiary alicyclic amines) is 1. The van der Waals surface area contributed by atoms with Crippen molar-refractivity contribution in [1.82, 2.24) is 14.7 Å². The van der Waals surface area contributed by atoms with Gasteiger partial charge in [0.1, 0.15) is 5.82 Å². The number of aromatic nitrogens is 2. The van der Waals surface area contributed by atoms with Gasteiger partial charge in [-0.15, -0.1) is 12.4 Å². The van der Waals surface area contributed by atoms with Crippen LogP contribution in [0.5, 0.6) is 0 Å². The molecular formula is C22H27ClFN3OS. The lowest BCUT2D eigenvalue weighted by atomic mass is 9.93. The third-order valence-electron chi connectivity index (χ3n) is 5.69. The number of thiol groups is 1. The van der Waals surface area contributed by atoms with E-state index < -0.39 is 6.04 Å². The molecule has 156 valence electrons. The van der Waals surface area contributed by atoms with Crippen LogP contribution in [0.2, 0.25) is 0 Å². The summed E-state index contributed by atoms with van der Waals surface area (Å²) in [6, 6.07) is 8.20. The molecule has 0 radical (unpaired) electrons. The van der Waals surface area contributed by atoms with Gasteiger partial charge in [-0.05, 0) is 50.0 Å². The van der Waals surface area contributed by atoms with Gasteiger partial charge in [-0.25, -0.2) is 4.39 Å². The standard InChI is InChI=1S/C22H26FN3OS.ClH/c1-14-11-17(25(2)24-14)12-16-13-26(10-9-20(16)28)21(22(27)15-7-8-15)18-5-3-4-6-19(18)23;/h3-6,11-12,15,20-21,28H,7-10,13H2,1-2H3;1H/b16-12+;. The van der Waals surface area contributed by atoms with E-state index in [1.54, 1.807) is 12.1 Å². The molecule has 0 amide bonds. The fraction of sp³-hybridized carbons (Fsp3) is 0.455. The predicted octanol–water partition coefficient (Wildman–Crippen LogP) is 4.40. The molecule has 1 aliphatic carbocycles. The Labute approximate surface area is 183 Å². The van der Waals surface area contributed by atoms with Crippen LogP contribution >= 0.6 is 25.0 Å². The molecule has 1 saturated carbocycles. The minimum Gasteiger partial charge on any atom is -0.297 e. The van der Waals surface area contributed by atoms with E-state index in [-0.39, 0.29) is 35.2 Å². The van der Waals surface area contributed by atoms with E-state index in [4.69, 9.17) is 12.6 Å². The summed E-state index contributed by atoms with van der Waals surface area (Å²) < 4.78 is 16.4. The van der Waals surface area contributed by atoms with Gasteiger partial charge in [0, 0.05) is 36.9 Å². The molecule has 1 aromatic carbocycles. The van der Waals surface area contributed by atoms with Crippen LogP contribution in [0.3, 0.4) is 0 Å². The highest BCUT2D eigenvalue weighted by Gasteiger charge is 2.40. The molecule has 0 bridgehead atoms. The van der Waals surface area contributed by atoms with Crippen LogP contribution in [-0.2, 0) is 11.8 Å². The van der Waals surface area contributed by atoms with E-state index in [2.05, 4.69) is 16.1 Å². The highest BCUT2D eigenvalue weighted by atomic mass is 35.5. The summed E-state index contributed by atoms with van der Waals surface area (Å²) in [4.78, 5) is 15.2. The van der Waals surface area contributed by atoms with Crippen LogP contribution in [0.4, 0.5) is 4.39 Å². The topological polar surface area (TPSA) is 38.1 Å². The van der Waals surface area contributed by atoms with Crippen LogP contribution < -0.4 is 0 Å². The number of carbonyl (C=O) groups is 1. The van der Waals surface area contributed by atoms with Crippen molar-refractivity contribution in [2.45, 2.75) is 37.5 Å². The third kappa shape index (κ3) is 4.76. The van der Waals surface area contributed by atoms with Crippen molar-refractivity contribution < 1.29 is 9.18 Å². The molecule has 2 atom stereocenters. The van der Waals surface area contributed by atoms with E-state index in [1.165, 1.54) is 6.07 Å². The zero-order chi connectivity index (χ0) is 19.8. The smallest absolute Gasteiger partial charge is 0.157 e. The highest BCUT2D eigenvalue weighted by molar-refractivity contribution is 7.81. The Kier molecular flexibility index (Phi) is 6.87. The average molecular weight is 436 g/mol. The number of carbonyl (C=O) groups excluding carboxylic acids is 1. The SMILES string of the molecule is Cc1cc(/C=C2\CN(C(C(=O)C3CC3)c3ccccc3F)CCC2S)n(C)n1.Cl. The summed E-state index contributed by atoms with van der Waals surface area (Å²) in [5.41, 5.74) is 3.62. The maximum atomic E-state index is 14.6.